The number of carbonyl (C=O) groups excluding carboxylic acids is 1. The van der Waals surface area contributed by atoms with Crippen LogP contribution in [0.4, 0.5) is 10.1 Å². The SMILES string of the molecule is CC(=O)Nc1ccc2c(C(=O)O)cc(-c3cccc(F)c3)nc2c1. The van der Waals surface area contributed by atoms with Crippen molar-refractivity contribution in [2.75, 3.05) is 5.32 Å². The standard InChI is InChI=1S/C18H13FN2O3/c1-10(22)20-13-5-6-14-15(18(23)24)9-16(21-17(14)8-13)11-3-2-4-12(19)7-11/h2-9H,1H3,(H,20,22)(H,23,24). The molecule has 1 amide bonds. The number of carbonyl (C=O) groups is 2. The molecule has 1 aromatic heterocycles. The molecule has 0 aliphatic carbocycles. The van der Waals surface area contributed by atoms with E-state index in [1.165, 1.54) is 31.2 Å². The maximum Gasteiger partial charge on any atom is 0.336 e. The highest BCUT2D eigenvalue weighted by molar-refractivity contribution is 6.05. The van der Waals surface area contributed by atoms with Crippen molar-refractivity contribution in [3.05, 3.63) is 59.9 Å². The number of fused-ring (bicyclic) bond motifs is 1. The smallest absolute Gasteiger partial charge is 0.336 e. The van der Waals surface area contributed by atoms with E-state index in [4.69, 9.17) is 0 Å². The number of rotatable bonds is 3. The molecule has 0 aliphatic heterocycles. The van der Waals surface area contributed by atoms with E-state index < -0.39 is 11.8 Å². The van der Waals surface area contributed by atoms with Gasteiger partial charge in [0, 0.05) is 23.6 Å². The van der Waals surface area contributed by atoms with Gasteiger partial charge in [-0.1, -0.05) is 12.1 Å². The molecule has 0 bridgehead atoms. The van der Waals surface area contributed by atoms with Gasteiger partial charge in [0.2, 0.25) is 5.91 Å². The molecule has 120 valence electrons. The normalized spacial score (nSPS) is 10.6. The minimum Gasteiger partial charge on any atom is -0.478 e. The summed E-state index contributed by atoms with van der Waals surface area (Å²) in [5, 5.41) is 12.5. The molecule has 0 fully saturated rings. The summed E-state index contributed by atoms with van der Waals surface area (Å²) >= 11 is 0. The molecule has 24 heavy (non-hydrogen) atoms. The highest BCUT2D eigenvalue weighted by atomic mass is 19.1. The van der Waals surface area contributed by atoms with Crippen molar-refractivity contribution >= 4 is 28.5 Å². The lowest BCUT2D eigenvalue weighted by Gasteiger charge is -2.09. The molecule has 3 aromatic rings. The summed E-state index contributed by atoms with van der Waals surface area (Å²) < 4.78 is 13.4. The zero-order chi connectivity index (χ0) is 17.3. The van der Waals surface area contributed by atoms with Crippen LogP contribution in [0.1, 0.15) is 17.3 Å². The van der Waals surface area contributed by atoms with Crippen molar-refractivity contribution < 1.29 is 19.1 Å². The lowest BCUT2D eigenvalue weighted by Crippen LogP contribution is -2.06. The Kier molecular flexibility index (Phi) is 3.95. The van der Waals surface area contributed by atoms with E-state index in [2.05, 4.69) is 10.3 Å². The van der Waals surface area contributed by atoms with E-state index in [0.717, 1.165) is 0 Å². The lowest BCUT2D eigenvalue weighted by molar-refractivity contribution is -0.114. The van der Waals surface area contributed by atoms with Crippen LogP contribution in [0.25, 0.3) is 22.2 Å². The summed E-state index contributed by atoms with van der Waals surface area (Å²) in [5.74, 6) is -1.78. The molecule has 3 rings (SSSR count). The summed E-state index contributed by atoms with van der Waals surface area (Å²) in [6.45, 7) is 1.38. The predicted molar refractivity (Wildman–Crippen MR) is 88.4 cm³/mol. The van der Waals surface area contributed by atoms with Crippen LogP contribution in [-0.4, -0.2) is 22.0 Å². The lowest BCUT2D eigenvalue weighted by atomic mass is 10.0. The van der Waals surface area contributed by atoms with E-state index in [9.17, 15) is 19.1 Å². The zero-order valence-corrected chi connectivity index (χ0v) is 12.7. The van der Waals surface area contributed by atoms with Crippen LogP contribution >= 0.6 is 0 Å². The van der Waals surface area contributed by atoms with Crippen LogP contribution in [0.5, 0.6) is 0 Å². The van der Waals surface area contributed by atoms with Crippen molar-refractivity contribution in [1.82, 2.24) is 4.98 Å². The molecule has 0 saturated carbocycles. The fourth-order valence-corrected chi connectivity index (χ4v) is 2.48. The monoisotopic (exact) mass is 324 g/mol. The molecule has 0 saturated heterocycles. The largest absolute Gasteiger partial charge is 0.478 e. The van der Waals surface area contributed by atoms with E-state index >= 15 is 0 Å². The number of nitrogens with zero attached hydrogens (tertiary/aromatic N) is 1. The Morgan fingerprint density at radius 1 is 1.12 bits per heavy atom. The average Bonchev–Trinajstić information content (AvgIpc) is 2.52. The second kappa shape index (κ2) is 6.08. The highest BCUT2D eigenvalue weighted by Crippen LogP contribution is 2.27. The van der Waals surface area contributed by atoms with E-state index in [-0.39, 0.29) is 11.5 Å². The van der Waals surface area contributed by atoms with Crippen molar-refractivity contribution in [2.24, 2.45) is 0 Å². The molecular weight excluding hydrogens is 311 g/mol. The Bertz CT molecular complexity index is 970. The first-order valence-electron chi connectivity index (χ1n) is 7.15. The number of hydrogen-bond donors (Lipinski definition) is 2. The van der Waals surface area contributed by atoms with Gasteiger partial charge in [-0.15, -0.1) is 0 Å². The van der Waals surface area contributed by atoms with Gasteiger partial charge >= 0.3 is 5.97 Å². The molecule has 0 atom stereocenters. The topological polar surface area (TPSA) is 79.3 Å². The number of anilines is 1. The van der Waals surface area contributed by atoms with Gasteiger partial charge in [0.1, 0.15) is 5.82 Å². The maximum absolute atomic E-state index is 13.4. The Labute approximate surface area is 136 Å². The minimum absolute atomic E-state index is 0.0636. The van der Waals surface area contributed by atoms with E-state index in [1.54, 1.807) is 24.3 Å². The fourth-order valence-electron chi connectivity index (χ4n) is 2.48. The summed E-state index contributed by atoms with van der Waals surface area (Å²) in [7, 11) is 0. The van der Waals surface area contributed by atoms with Crippen LogP contribution in [0.3, 0.4) is 0 Å². The number of amides is 1. The Morgan fingerprint density at radius 2 is 1.92 bits per heavy atom. The summed E-state index contributed by atoms with van der Waals surface area (Å²) in [5.41, 5.74) is 1.80. The van der Waals surface area contributed by atoms with Crippen LogP contribution in [0, 0.1) is 5.82 Å². The van der Waals surface area contributed by atoms with Gasteiger partial charge in [0.05, 0.1) is 16.8 Å². The number of nitrogens with one attached hydrogen (secondary N) is 1. The molecule has 6 heteroatoms. The molecule has 2 N–H and O–H groups in total. The Balaban J connectivity index is 2.23. The van der Waals surface area contributed by atoms with Crippen LogP contribution < -0.4 is 5.32 Å². The molecule has 0 aliphatic rings. The Morgan fingerprint density at radius 3 is 2.58 bits per heavy atom. The van der Waals surface area contributed by atoms with Crippen molar-refractivity contribution in [3.8, 4) is 11.3 Å². The molecule has 0 unspecified atom stereocenters. The molecule has 2 aromatic carbocycles. The summed E-state index contributed by atoms with van der Waals surface area (Å²) in [4.78, 5) is 27.2. The molecule has 0 radical (unpaired) electrons. The van der Waals surface area contributed by atoms with Crippen molar-refractivity contribution in [1.29, 1.82) is 0 Å². The van der Waals surface area contributed by atoms with Crippen LogP contribution in [0.15, 0.2) is 48.5 Å². The van der Waals surface area contributed by atoms with Gasteiger partial charge in [-0.25, -0.2) is 14.2 Å². The summed E-state index contributed by atoms with van der Waals surface area (Å²) in [6, 6.07) is 12.0. The maximum atomic E-state index is 13.4. The number of aromatic carboxylic acids is 1. The van der Waals surface area contributed by atoms with Crippen molar-refractivity contribution in [2.45, 2.75) is 6.92 Å². The van der Waals surface area contributed by atoms with Gasteiger partial charge < -0.3 is 10.4 Å². The highest BCUT2D eigenvalue weighted by Gasteiger charge is 2.14. The number of carboxylic acid groups (broad SMARTS) is 1. The number of halogens is 1. The Hall–Kier alpha value is -3.28. The van der Waals surface area contributed by atoms with Crippen LogP contribution in [0.2, 0.25) is 0 Å². The zero-order valence-electron chi connectivity index (χ0n) is 12.7. The van der Waals surface area contributed by atoms with Crippen molar-refractivity contribution in [3.63, 3.8) is 0 Å². The van der Waals surface area contributed by atoms with Gasteiger partial charge in [0.25, 0.3) is 0 Å². The van der Waals surface area contributed by atoms with Crippen LogP contribution in [-0.2, 0) is 4.79 Å². The number of hydrogen-bond acceptors (Lipinski definition) is 3. The number of pyridine rings is 1. The summed E-state index contributed by atoms with van der Waals surface area (Å²) in [6.07, 6.45) is 0. The van der Waals surface area contributed by atoms with E-state index in [1.807, 2.05) is 0 Å². The molecular formula is C18H13FN2O3. The van der Waals surface area contributed by atoms with Gasteiger partial charge in [-0.2, -0.15) is 0 Å². The van der Waals surface area contributed by atoms with Gasteiger partial charge in [-0.05, 0) is 36.4 Å². The molecule has 0 spiro atoms. The second-order valence-corrected chi connectivity index (χ2v) is 5.28. The third kappa shape index (κ3) is 3.08. The number of carboxylic acids is 1. The fraction of sp³-hybridized carbons (Fsp3) is 0.0556. The minimum atomic E-state index is -1.10. The number of aromatic nitrogens is 1. The quantitative estimate of drug-likeness (QED) is 0.770. The van der Waals surface area contributed by atoms with Gasteiger partial charge in [0.15, 0.2) is 0 Å². The predicted octanol–water partition coefficient (Wildman–Crippen LogP) is 3.70. The molecule has 1 heterocycles. The van der Waals surface area contributed by atoms with Gasteiger partial charge in [-0.3, -0.25) is 4.79 Å². The molecule has 5 nitrogen and oxygen atoms in total. The first-order valence-corrected chi connectivity index (χ1v) is 7.15. The van der Waals surface area contributed by atoms with E-state index in [0.29, 0.717) is 27.8 Å². The average molecular weight is 324 g/mol. The third-order valence-electron chi connectivity index (χ3n) is 3.48. The third-order valence-corrected chi connectivity index (χ3v) is 3.48. The first kappa shape index (κ1) is 15.6. The second-order valence-electron chi connectivity index (χ2n) is 5.28. The number of benzene rings is 2. The first-order chi connectivity index (χ1) is 11.4.